The molecule has 1 N–H and O–H groups in total. The first-order chi connectivity index (χ1) is 21.3. The predicted molar refractivity (Wildman–Crippen MR) is 167 cm³/mol. The van der Waals surface area contributed by atoms with Crippen molar-refractivity contribution in [2.75, 3.05) is 24.6 Å². The van der Waals surface area contributed by atoms with Gasteiger partial charge in [0.15, 0.2) is 0 Å². The number of aliphatic carboxylic acids is 1. The molecule has 234 valence electrons. The lowest BCUT2D eigenvalue weighted by Gasteiger charge is -2.35. The van der Waals surface area contributed by atoms with E-state index < -0.39 is 17.9 Å². The molecule has 0 aliphatic carbocycles. The Hall–Kier alpha value is -3.85. The molecule has 2 aliphatic rings. The number of amides is 1. The van der Waals surface area contributed by atoms with Crippen molar-refractivity contribution in [1.29, 1.82) is 0 Å². The molecule has 3 unspecified atom stereocenters. The van der Waals surface area contributed by atoms with Crippen LogP contribution in [0.15, 0.2) is 54.9 Å². The summed E-state index contributed by atoms with van der Waals surface area (Å²) >= 11 is 0. The number of ether oxygens (including phenoxy) is 1. The molecular formula is C35H43FN4O4. The summed E-state index contributed by atoms with van der Waals surface area (Å²) in [6, 6.07) is 12.2. The number of anilines is 1. The van der Waals surface area contributed by atoms with Crippen LogP contribution in [0.25, 0.3) is 0 Å². The van der Waals surface area contributed by atoms with Crippen molar-refractivity contribution < 1.29 is 23.8 Å². The van der Waals surface area contributed by atoms with E-state index in [1.54, 1.807) is 37.5 Å². The summed E-state index contributed by atoms with van der Waals surface area (Å²) in [6.45, 7) is 7.05. The van der Waals surface area contributed by atoms with Crippen LogP contribution in [0.5, 0.6) is 5.75 Å². The second-order valence-electron chi connectivity index (χ2n) is 12.1. The summed E-state index contributed by atoms with van der Waals surface area (Å²) in [4.78, 5) is 40.0. The number of rotatable bonds is 13. The van der Waals surface area contributed by atoms with Crippen molar-refractivity contribution in [3.63, 3.8) is 0 Å². The van der Waals surface area contributed by atoms with Gasteiger partial charge in [-0.15, -0.1) is 0 Å². The van der Waals surface area contributed by atoms with Gasteiger partial charge in [0.05, 0.1) is 19.1 Å². The van der Waals surface area contributed by atoms with Crippen LogP contribution in [0.2, 0.25) is 0 Å². The summed E-state index contributed by atoms with van der Waals surface area (Å²) in [5.41, 5.74) is 3.22. The quantitative estimate of drug-likeness (QED) is 0.258. The Morgan fingerprint density at radius 1 is 1.11 bits per heavy atom. The van der Waals surface area contributed by atoms with Crippen LogP contribution in [0, 0.1) is 18.7 Å². The Balaban J connectivity index is 1.49. The molecule has 0 spiro atoms. The van der Waals surface area contributed by atoms with E-state index in [-0.39, 0.29) is 30.2 Å². The van der Waals surface area contributed by atoms with Gasteiger partial charge < -0.3 is 14.7 Å². The number of halogens is 1. The molecule has 0 saturated carbocycles. The Kier molecular flexibility index (Phi) is 10.3. The van der Waals surface area contributed by atoms with Crippen LogP contribution >= 0.6 is 0 Å². The lowest BCUT2D eigenvalue weighted by Crippen LogP contribution is -2.48. The highest BCUT2D eigenvalue weighted by Crippen LogP contribution is 2.41. The van der Waals surface area contributed by atoms with Gasteiger partial charge in [-0.3, -0.25) is 14.5 Å². The van der Waals surface area contributed by atoms with Crippen molar-refractivity contribution in [2.45, 2.75) is 83.7 Å². The molecule has 3 heterocycles. The molecule has 1 saturated heterocycles. The van der Waals surface area contributed by atoms with Crippen LogP contribution < -0.4 is 9.64 Å². The number of likely N-dealkylation sites (tertiary alicyclic amines) is 1. The van der Waals surface area contributed by atoms with Crippen LogP contribution in [0.1, 0.15) is 74.4 Å². The molecule has 44 heavy (non-hydrogen) atoms. The van der Waals surface area contributed by atoms with Gasteiger partial charge in [0.25, 0.3) is 0 Å². The molecule has 1 aromatic heterocycles. The van der Waals surface area contributed by atoms with Crippen molar-refractivity contribution in [1.82, 2.24) is 14.9 Å². The van der Waals surface area contributed by atoms with Crippen LogP contribution in [-0.4, -0.2) is 63.6 Å². The van der Waals surface area contributed by atoms with E-state index in [1.165, 1.54) is 6.07 Å². The molecule has 2 aliphatic heterocycles. The molecular weight excluding hydrogens is 559 g/mol. The number of aryl methyl sites for hydroxylation is 2. The number of carboxylic acid groups (broad SMARTS) is 1. The lowest BCUT2D eigenvalue weighted by atomic mass is 9.83. The summed E-state index contributed by atoms with van der Waals surface area (Å²) in [7, 11) is 0. The van der Waals surface area contributed by atoms with E-state index in [1.807, 2.05) is 17.0 Å². The molecule has 0 bridgehead atoms. The zero-order valence-electron chi connectivity index (χ0n) is 25.9. The molecule has 5 rings (SSSR count). The van der Waals surface area contributed by atoms with E-state index in [9.17, 15) is 19.1 Å². The number of nitrogens with zero attached hydrogens (tertiary/aromatic N) is 4. The lowest BCUT2D eigenvalue weighted by molar-refractivity contribution is -0.143. The predicted octanol–water partition coefficient (Wildman–Crippen LogP) is 5.96. The molecule has 3 aromatic rings. The number of aromatic nitrogens is 2. The average molecular weight is 603 g/mol. The van der Waals surface area contributed by atoms with Crippen molar-refractivity contribution in [3.8, 4) is 5.75 Å². The van der Waals surface area contributed by atoms with Crippen molar-refractivity contribution in [3.05, 3.63) is 83.2 Å². The van der Waals surface area contributed by atoms with Gasteiger partial charge in [0.1, 0.15) is 17.4 Å². The van der Waals surface area contributed by atoms with E-state index >= 15 is 0 Å². The first-order valence-corrected chi connectivity index (χ1v) is 15.9. The topological polar surface area (TPSA) is 95.9 Å². The van der Waals surface area contributed by atoms with Crippen LogP contribution in [0.3, 0.4) is 0 Å². The minimum atomic E-state index is -0.874. The number of hydrogen-bond donors (Lipinski definition) is 1. The summed E-state index contributed by atoms with van der Waals surface area (Å²) in [5.74, 6) is -0.787. The van der Waals surface area contributed by atoms with Gasteiger partial charge in [-0.1, -0.05) is 38.8 Å². The third kappa shape index (κ3) is 6.93. The highest BCUT2D eigenvalue weighted by atomic mass is 19.1. The largest absolute Gasteiger partial charge is 0.493 e. The van der Waals surface area contributed by atoms with E-state index in [2.05, 4.69) is 34.8 Å². The summed E-state index contributed by atoms with van der Waals surface area (Å²) in [5, 5.41) is 10.6. The van der Waals surface area contributed by atoms with E-state index in [0.717, 1.165) is 49.0 Å². The van der Waals surface area contributed by atoms with Gasteiger partial charge in [-0.25, -0.2) is 14.4 Å². The fourth-order valence-electron chi connectivity index (χ4n) is 7.02. The maximum atomic E-state index is 14.4. The Bertz CT molecular complexity index is 1450. The van der Waals surface area contributed by atoms with Crippen LogP contribution in [0.4, 0.5) is 10.1 Å². The third-order valence-corrected chi connectivity index (χ3v) is 9.09. The standard InChI is InChI=1S/C35H43FN4O4/c1-4-7-26(8-5-2)40(27-10-11-29(36)23(3)19-27)33(41)22-39-21-28(24-9-13-31-25(20-24)15-18-44-31)34(35(42)43)30(39)12-14-32-37-16-6-17-38-32/h6,9-11,13,16-17,19-20,26,28,30,34H,4-5,7-8,12,14-15,18,21-22H2,1-3H3,(H,42,43). The zero-order chi connectivity index (χ0) is 31.2. The first kappa shape index (κ1) is 31.6. The van der Waals surface area contributed by atoms with Crippen LogP contribution in [-0.2, 0) is 22.4 Å². The maximum absolute atomic E-state index is 14.4. The second kappa shape index (κ2) is 14.3. The van der Waals surface area contributed by atoms with Gasteiger partial charge in [0, 0.05) is 55.5 Å². The minimum Gasteiger partial charge on any atom is -0.493 e. The Labute approximate surface area is 259 Å². The van der Waals surface area contributed by atoms with Gasteiger partial charge >= 0.3 is 5.97 Å². The highest BCUT2D eigenvalue weighted by Gasteiger charge is 2.47. The number of benzene rings is 2. The SMILES string of the molecule is CCCC(CCC)N(C(=O)CN1CC(c2ccc3c(c2)CCO3)C(C(=O)O)C1CCc1ncccn1)c1ccc(F)c(C)c1. The molecule has 0 radical (unpaired) electrons. The summed E-state index contributed by atoms with van der Waals surface area (Å²) < 4.78 is 20.0. The summed E-state index contributed by atoms with van der Waals surface area (Å²) in [6.07, 6.45) is 8.63. The monoisotopic (exact) mass is 602 g/mol. The van der Waals surface area contributed by atoms with Crippen molar-refractivity contribution >= 4 is 17.6 Å². The molecule has 1 fully saturated rings. The maximum Gasteiger partial charge on any atom is 0.308 e. The number of carbonyl (C=O) groups excluding carboxylic acids is 1. The molecule has 8 nitrogen and oxygen atoms in total. The zero-order valence-corrected chi connectivity index (χ0v) is 25.9. The van der Waals surface area contributed by atoms with Gasteiger partial charge in [-0.05, 0) is 73.2 Å². The number of carbonyl (C=O) groups is 2. The molecule has 2 aromatic carbocycles. The Morgan fingerprint density at radius 2 is 1.86 bits per heavy atom. The average Bonchev–Trinajstić information content (AvgIpc) is 3.63. The smallest absolute Gasteiger partial charge is 0.308 e. The third-order valence-electron chi connectivity index (χ3n) is 9.09. The minimum absolute atomic E-state index is 0.0380. The number of fused-ring (bicyclic) bond motifs is 1. The Morgan fingerprint density at radius 3 is 2.55 bits per heavy atom. The first-order valence-electron chi connectivity index (χ1n) is 15.9. The molecule has 1 amide bonds. The molecule has 3 atom stereocenters. The van der Waals surface area contributed by atoms with Gasteiger partial charge in [0.2, 0.25) is 5.91 Å². The van der Waals surface area contributed by atoms with Gasteiger partial charge in [-0.2, -0.15) is 0 Å². The number of hydrogen-bond acceptors (Lipinski definition) is 6. The van der Waals surface area contributed by atoms with E-state index in [4.69, 9.17) is 4.74 Å². The highest BCUT2D eigenvalue weighted by molar-refractivity contribution is 5.95. The number of carboxylic acids is 1. The van der Waals surface area contributed by atoms with E-state index in [0.29, 0.717) is 43.1 Å². The molecule has 9 heteroatoms. The second-order valence-corrected chi connectivity index (χ2v) is 12.1. The fraction of sp³-hybridized carbons (Fsp3) is 0.486. The van der Waals surface area contributed by atoms with Crippen molar-refractivity contribution in [2.24, 2.45) is 5.92 Å². The normalized spacial score (nSPS) is 19.6. The fourth-order valence-corrected chi connectivity index (χ4v) is 7.02.